The van der Waals surface area contributed by atoms with Crippen LogP contribution in [0.4, 0.5) is 4.79 Å². The molecule has 3 N–H and O–H groups in total. The second-order valence-corrected chi connectivity index (χ2v) is 5.68. The highest BCUT2D eigenvalue weighted by Gasteiger charge is 2.48. The van der Waals surface area contributed by atoms with Gasteiger partial charge < -0.3 is 11.1 Å². The Morgan fingerprint density at radius 2 is 1.91 bits per heavy atom. The summed E-state index contributed by atoms with van der Waals surface area (Å²) in [4.78, 5) is 36.4. The number of benzene rings is 1. The molecule has 2 rings (SSSR count). The highest BCUT2D eigenvalue weighted by atomic mass is 16.2. The molecule has 0 unspecified atom stereocenters. The van der Waals surface area contributed by atoms with Crippen LogP contribution >= 0.6 is 0 Å². The Hall–Kier alpha value is -2.37. The van der Waals surface area contributed by atoms with E-state index < -0.39 is 17.5 Å². The lowest BCUT2D eigenvalue weighted by Crippen LogP contribution is -2.41. The van der Waals surface area contributed by atoms with Gasteiger partial charge in [0.15, 0.2) is 0 Å². The van der Waals surface area contributed by atoms with Gasteiger partial charge in [-0.05, 0) is 24.5 Å². The van der Waals surface area contributed by atoms with Crippen LogP contribution in [-0.4, -0.2) is 29.3 Å². The summed E-state index contributed by atoms with van der Waals surface area (Å²) in [5.74, 6) is -0.903. The molecule has 1 fully saturated rings. The standard InChI is InChI=1S/C16H21N3O3/c1-3-4-11-5-7-12(8-6-11)16(2)14(21)19(15(22)18-16)10-9-13(17)20/h5-8H,3-4,9-10H2,1-2H3,(H2,17,20)(H,18,22)/t16-/m1/s1. The number of carbonyl (C=O) groups excluding carboxylic acids is 3. The highest BCUT2D eigenvalue weighted by Crippen LogP contribution is 2.29. The molecule has 0 spiro atoms. The Balaban J connectivity index is 2.20. The molecule has 0 radical (unpaired) electrons. The van der Waals surface area contributed by atoms with Crippen molar-refractivity contribution in [1.29, 1.82) is 0 Å². The van der Waals surface area contributed by atoms with Crippen molar-refractivity contribution >= 4 is 17.8 Å². The van der Waals surface area contributed by atoms with Crippen molar-refractivity contribution in [2.75, 3.05) is 6.54 Å². The summed E-state index contributed by atoms with van der Waals surface area (Å²) in [6.45, 7) is 3.78. The predicted molar refractivity (Wildman–Crippen MR) is 81.8 cm³/mol. The van der Waals surface area contributed by atoms with Crippen LogP contribution in [0.15, 0.2) is 24.3 Å². The fraction of sp³-hybridized carbons (Fsp3) is 0.438. The molecule has 1 aliphatic rings. The number of nitrogens with two attached hydrogens (primary N) is 1. The summed E-state index contributed by atoms with van der Waals surface area (Å²) in [6.07, 6.45) is 1.99. The minimum absolute atomic E-state index is 0.00348. The smallest absolute Gasteiger partial charge is 0.325 e. The summed E-state index contributed by atoms with van der Waals surface area (Å²) in [5.41, 5.74) is 5.90. The summed E-state index contributed by atoms with van der Waals surface area (Å²) in [7, 11) is 0. The summed E-state index contributed by atoms with van der Waals surface area (Å²) in [6, 6.07) is 7.17. The van der Waals surface area contributed by atoms with Crippen molar-refractivity contribution in [3.8, 4) is 0 Å². The molecule has 1 saturated heterocycles. The van der Waals surface area contributed by atoms with E-state index in [4.69, 9.17) is 5.73 Å². The van der Waals surface area contributed by atoms with Crippen LogP contribution in [0, 0.1) is 0 Å². The number of imide groups is 1. The Labute approximate surface area is 129 Å². The van der Waals surface area contributed by atoms with Crippen molar-refractivity contribution < 1.29 is 14.4 Å². The Bertz CT molecular complexity index is 597. The predicted octanol–water partition coefficient (Wildman–Crippen LogP) is 1.28. The third kappa shape index (κ3) is 2.95. The Kier molecular flexibility index (Phi) is 4.49. The molecule has 0 bridgehead atoms. The molecule has 0 aromatic heterocycles. The zero-order valence-corrected chi connectivity index (χ0v) is 12.9. The number of hydrogen-bond acceptors (Lipinski definition) is 3. The first-order valence-corrected chi connectivity index (χ1v) is 7.40. The van der Waals surface area contributed by atoms with Gasteiger partial charge in [-0.25, -0.2) is 4.79 Å². The van der Waals surface area contributed by atoms with Gasteiger partial charge in [-0.1, -0.05) is 37.6 Å². The van der Waals surface area contributed by atoms with E-state index >= 15 is 0 Å². The summed E-state index contributed by atoms with van der Waals surface area (Å²) < 4.78 is 0. The van der Waals surface area contributed by atoms with E-state index in [9.17, 15) is 14.4 Å². The SMILES string of the molecule is CCCc1ccc([C@@]2(C)NC(=O)N(CCC(N)=O)C2=O)cc1. The molecule has 0 aliphatic carbocycles. The maximum atomic E-state index is 12.6. The fourth-order valence-corrected chi connectivity index (χ4v) is 2.61. The van der Waals surface area contributed by atoms with Crippen LogP contribution in [0.5, 0.6) is 0 Å². The Morgan fingerprint density at radius 3 is 2.45 bits per heavy atom. The molecular formula is C16H21N3O3. The van der Waals surface area contributed by atoms with E-state index in [1.807, 2.05) is 24.3 Å². The number of nitrogens with one attached hydrogen (secondary N) is 1. The van der Waals surface area contributed by atoms with Gasteiger partial charge in [-0.3, -0.25) is 14.5 Å². The average Bonchev–Trinajstić information content (AvgIpc) is 2.69. The second kappa shape index (κ2) is 6.17. The quantitative estimate of drug-likeness (QED) is 0.775. The van der Waals surface area contributed by atoms with Gasteiger partial charge in [0.2, 0.25) is 5.91 Å². The monoisotopic (exact) mass is 303 g/mol. The van der Waals surface area contributed by atoms with Crippen LogP contribution < -0.4 is 11.1 Å². The molecule has 4 amide bonds. The molecular weight excluding hydrogens is 282 g/mol. The summed E-state index contributed by atoms with van der Waals surface area (Å²) in [5, 5.41) is 2.71. The molecule has 6 nitrogen and oxygen atoms in total. The van der Waals surface area contributed by atoms with Crippen LogP contribution in [0.1, 0.15) is 37.8 Å². The molecule has 22 heavy (non-hydrogen) atoms. The first-order chi connectivity index (χ1) is 10.4. The number of nitrogens with zero attached hydrogens (tertiary/aromatic N) is 1. The zero-order valence-electron chi connectivity index (χ0n) is 12.9. The lowest BCUT2D eigenvalue weighted by atomic mass is 9.91. The largest absolute Gasteiger partial charge is 0.370 e. The topological polar surface area (TPSA) is 92.5 Å². The number of primary amides is 1. The van der Waals surface area contributed by atoms with E-state index in [2.05, 4.69) is 12.2 Å². The van der Waals surface area contributed by atoms with Crippen LogP contribution in [0.2, 0.25) is 0 Å². The van der Waals surface area contributed by atoms with Crippen LogP contribution in [-0.2, 0) is 21.5 Å². The number of aryl methyl sites for hydroxylation is 1. The zero-order chi connectivity index (χ0) is 16.3. The fourth-order valence-electron chi connectivity index (χ4n) is 2.61. The number of carbonyl (C=O) groups is 3. The third-order valence-corrected chi connectivity index (χ3v) is 3.93. The normalized spacial score (nSPS) is 21.1. The number of amides is 4. The van der Waals surface area contributed by atoms with E-state index in [-0.39, 0.29) is 18.9 Å². The van der Waals surface area contributed by atoms with Gasteiger partial charge in [-0.15, -0.1) is 0 Å². The van der Waals surface area contributed by atoms with Gasteiger partial charge in [-0.2, -0.15) is 0 Å². The molecule has 0 saturated carbocycles. The number of hydrogen-bond donors (Lipinski definition) is 2. The van der Waals surface area contributed by atoms with Crippen LogP contribution in [0.25, 0.3) is 0 Å². The van der Waals surface area contributed by atoms with Crippen molar-refractivity contribution in [2.24, 2.45) is 5.73 Å². The van der Waals surface area contributed by atoms with Gasteiger partial charge >= 0.3 is 6.03 Å². The molecule has 1 heterocycles. The maximum absolute atomic E-state index is 12.6. The minimum atomic E-state index is -1.10. The van der Waals surface area contributed by atoms with Gasteiger partial charge in [0.25, 0.3) is 5.91 Å². The highest BCUT2D eigenvalue weighted by molar-refractivity contribution is 6.07. The minimum Gasteiger partial charge on any atom is -0.370 e. The second-order valence-electron chi connectivity index (χ2n) is 5.68. The van der Waals surface area contributed by atoms with Crippen molar-refractivity contribution in [3.63, 3.8) is 0 Å². The molecule has 6 heteroatoms. The maximum Gasteiger partial charge on any atom is 0.325 e. The third-order valence-electron chi connectivity index (χ3n) is 3.93. The van der Waals surface area contributed by atoms with Gasteiger partial charge in [0, 0.05) is 13.0 Å². The van der Waals surface area contributed by atoms with Crippen LogP contribution in [0.3, 0.4) is 0 Å². The van der Waals surface area contributed by atoms with Crippen molar-refractivity contribution in [3.05, 3.63) is 35.4 Å². The summed E-state index contributed by atoms with van der Waals surface area (Å²) >= 11 is 0. The molecule has 1 aliphatic heterocycles. The number of urea groups is 1. The first kappa shape index (κ1) is 16.0. The molecule has 118 valence electrons. The van der Waals surface area contributed by atoms with E-state index in [1.165, 1.54) is 5.56 Å². The van der Waals surface area contributed by atoms with Crippen molar-refractivity contribution in [1.82, 2.24) is 10.2 Å². The van der Waals surface area contributed by atoms with Gasteiger partial charge in [0.05, 0.1) is 0 Å². The lowest BCUT2D eigenvalue weighted by molar-refractivity contribution is -0.131. The molecule has 1 atom stereocenters. The van der Waals surface area contributed by atoms with E-state index in [0.29, 0.717) is 0 Å². The molecule has 1 aromatic rings. The number of rotatable bonds is 6. The lowest BCUT2D eigenvalue weighted by Gasteiger charge is -2.22. The Morgan fingerprint density at radius 1 is 1.27 bits per heavy atom. The van der Waals surface area contributed by atoms with E-state index in [0.717, 1.165) is 23.3 Å². The van der Waals surface area contributed by atoms with Crippen molar-refractivity contribution in [2.45, 2.75) is 38.6 Å². The average molecular weight is 303 g/mol. The van der Waals surface area contributed by atoms with Gasteiger partial charge in [0.1, 0.15) is 5.54 Å². The van der Waals surface area contributed by atoms with E-state index in [1.54, 1.807) is 6.92 Å². The molecule has 1 aromatic carbocycles. The first-order valence-electron chi connectivity index (χ1n) is 7.40.